The van der Waals surface area contributed by atoms with E-state index in [1.54, 1.807) is 0 Å². The van der Waals surface area contributed by atoms with Crippen LogP contribution in [0.25, 0.3) is 0 Å². The maximum absolute atomic E-state index is 12.7. The van der Waals surface area contributed by atoms with Crippen LogP contribution in [0, 0.1) is 0 Å². The minimum absolute atomic E-state index is 0.127. The SMILES string of the molecule is CN(C)c1cccc(C(=O)N[C@@H]2CN(CCN3CCOCC3)CC[C@H]2O)c1.O=CO. The Labute approximate surface area is 178 Å². The summed E-state index contributed by atoms with van der Waals surface area (Å²) in [7, 11) is 3.91. The Morgan fingerprint density at radius 3 is 2.57 bits per heavy atom. The van der Waals surface area contributed by atoms with Crippen LogP contribution in [0.3, 0.4) is 0 Å². The molecule has 1 amide bonds. The Morgan fingerprint density at radius 1 is 1.23 bits per heavy atom. The Kier molecular flexibility index (Phi) is 10.0. The summed E-state index contributed by atoms with van der Waals surface area (Å²) >= 11 is 0. The third kappa shape index (κ3) is 7.56. The van der Waals surface area contributed by atoms with Gasteiger partial charge in [0.1, 0.15) is 0 Å². The molecule has 2 fully saturated rings. The molecule has 3 rings (SSSR count). The number of hydrogen-bond acceptors (Lipinski definition) is 7. The van der Waals surface area contributed by atoms with E-state index in [-0.39, 0.29) is 18.4 Å². The molecular weight excluding hydrogens is 388 g/mol. The number of nitrogens with one attached hydrogen (secondary N) is 1. The van der Waals surface area contributed by atoms with E-state index in [0.717, 1.165) is 51.6 Å². The first-order valence-corrected chi connectivity index (χ1v) is 10.3. The molecule has 0 radical (unpaired) electrons. The van der Waals surface area contributed by atoms with Gasteiger partial charge in [0.25, 0.3) is 12.4 Å². The number of likely N-dealkylation sites (tertiary alicyclic amines) is 1. The van der Waals surface area contributed by atoms with Crippen molar-refractivity contribution < 1.29 is 24.5 Å². The zero-order valence-corrected chi connectivity index (χ0v) is 17.9. The number of carboxylic acid groups (broad SMARTS) is 1. The van der Waals surface area contributed by atoms with Crippen molar-refractivity contribution in [1.29, 1.82) is 0 Å². The van der Waals surface area contributed by atoms with E-state index in [1.807, 2.05) is 43.3 Å². The van der Waals surface area contributed by atoms with Crippen molar-refractivity contribution >= 4 is 18.1 Å². The van der Waals surface area contributed by atoms with E-state index in [0.29, 0.717) is 18.5 Å². The first kappa shape index (κ1) is 24.1. The molecule has 0 aromatic heterocycles. The van der Waals surface area contributed by atoms with Crippen LogP contribution >= 0.6 is 0 Å². The minimum Gasteiger partial charge on any atom is -0.483 e. The highest BCUT2D eigenvalue weighted by molar-refractivity contribution is 5.95. The van der Waals surface area contributed by atoms with E-state index in [4.69, 9.17) is 14.6 Å². The van der Waals surface area contributed by atoms with Crippen LogP contribution in [0.2, 0.25) is 0 Å². The molecule has 0 saturated carbocycles. The number of aliphatic hydroxyl groups excluding tert-OH is 1. The minimum atomic E-state index is -0.495. The van der Waals surface area contributed by atoms with Gasteiger partial charge in [0, 0.05) is 64.6 Å². The van der Waals surface area contributed by atoms with Crippen molar-refractivity contribution in [3.8, 4) is 0 Å². The van der Waals surface area contributed by atoms with Crippen LogP contribution in [-0.2, 0) is 9.53 Å². The fourth-order valence-electron chi connectivity index (χ4n) is 3.64. The third-order valence-electron chi connectivity index (χ3n) is 5.44. The van der Waals surface area contributed by atoms with Gasteiger partial charge in [-0.25, -0.2) is 0 Å². The average Bonchev–Trinajstić information content (AvgIpc) is 2.75. The topological polar surface area (TPSA) is 106 Å². The summed E-state index contributed by atoms with van der Waals surface area (Å²) in [5.74, 6) is -0.127. The highest BCUT2D eigenvalue weighted by atomic mass is 16.5. The highest BCUT2D eigenvalue weighted by Crippen LogP contribution is 2.15. The second kappa shape index (κ2) is 12.5. The van der Waals surface area contributed by atoms with Crippen molar-refractivity contribution in [2.75, 3.05) is 71.5 Å². The van der Waals surface area contributed by atoms with Crippen LogP contribution < -0.4 is 10.2 Å². The van der Waals surface area contributed by atoms with E-state index < -0.39 is 6.10 Å². The fourth-order valence-corrected chi connectivity index (χ4v) is 3.64. The highest BCUT2D eigenvalue weighted by Gasteiger charge is 2.29. The van der Waals surface area contributed by atoms with E-state index in [9.17, 15) is 9.90 Å². The molecule has 9 heteroatoms. The van der Waals surface area contributed by atoms with Gasteiger partial charge >= 0.3 is 0 Å². The van der Waals surface area contributed by atoms with Gasteiger partial charge in [-0.15, -0.1) is 0 Å². The van der Waals surface area contributed by atoms with Crippen LogP contribution in [0.1, 0.15) is 16.8 Å². The quantitative estimate of drug-likeness (QED) is 0.548. The molecule has 30 heavy (non-hydrogen) atoms. The lowest BCUT2D eigenvalue weighted by molar-refractivity contribution is -0.122. The summed E-state index contributed by atoms with van der Waals surface area (Å²) < 4.78 is 5.39. The smallest absolute Gasteiger partial charge is 0.290 e. The summed E-state index contributed by atoms with van der Waals surface area (Å²) in [5.41, 5.74) is 1.61. The first-order valence-electron chi connectivity index (χ1n) is 10.3. The maximum Gasteiger partial charge on any atom is 0.290 e. The lowest BCUT2D eigenvalue weighted by atomic mass is 10.0. The molecule has 2 saturated heterocycles. The second-order valence-corrected chi connectivity index (χ2v) is 7.74. The fraction of sp³-hybridized carbons (Fsp3) is 0.619. The first-order chi connectivity index (χ1) is 14.4. The Balaban J connectivity index is 0.00000101. The van der Waals surface area contributed by atoms with Gasteiger partial charge < -0.3 is 25.2 Å². The standard InChI is InChI=1S/C20H32N4O3.CH2O2/c1-22(2)17-5-3-4-16(14-17)20(26)21-18-15-24(7-6-19(18)25)9-8-23-10-12-27-13-11-23;2-1-3/h3-5,14,18-19,25H,6-13,15H2,1-2H3,(H,21,26);1H,(H,2,3)/t18-,19-;/m1./s1. The maximum atomic E-state index is 12.7. The third-order valence-corrected chi connectivity index (χ3v) is 5.44. The van der Waals surface area contributed by atoms with Gasteiger partial charge in [-0.1, -0.05) is 6.07 Å². The number of benzene rings is 1. The van der Waals surface area contributed by atoms with Gasteiger partial charge in [-0.2, -0.15) is 0 Å². The predicted octanol–water partition coefficient (Wildman–Crippen LogP) is -0.0494. The van der Waals surface area contributed by atoms with Crippen LogP contribution in [0.15, 0.2) is 24.3 Å². The monoisotopic (exact) mass is 422 g/mol. The molecule has 1 aromatic rings. The lowest BCUT2D eigenvalue weighted by Crippen LogP contribution is -2.56. The molecule has 9 nitrogen and oxygen atoms in total. The van der Waals surface area contributed by atoms with E-state index >= 15 is 0 Å². The van der Waals surface area contributed by atoms with Gasteiger partial charge in [-0.3, -0.25) is 19.4 Å². The molecule has 2 heterocycles. The number of piperidine rings is 1. The number of rotatable bonds is 6. The number of carbonyl (C=O) groups excluding carboxylic acids is 1. The molecule has 3 N–H and O–H groups in total. The van der Waals surface area contributed by atoms with Crippen molar-refractivity contribution in [3.05, 3.63) is 29.8 Å². The molecular formula is C21H34N4O5. The van der Waals surface area contributed by atoms with Gasteiger partial charge in [0.05, 0.1) is 25.4 Å². The number of nitrogens with zero attached hydrogens (tertiary/aromatic N) is 3. The van der Waals surface area contributed by atoms with Crippen molar-refractivity contribution in [2.24, 2.45) is 0 Å². The van der Waals surface area contributed by atoms with Crippen molar-refractivity contribution in [3.63, 3.8) is 0 Å². The number of carbonyl (C=O) groups is 2. The van der Waals surface area contributed by atoms with Crippen LogP contribution in [-0.4, -0.2) is 111 Å². The predicted molar refractivity (Wildman–Crippen MR) is 115 cm³/mol. The van der Waals surface area contributed by atoms with Crippen molar-refractivity contribution in [2.45, 2.75) is 18.6 Å². The lowest BCUT2D eigenvalue weighted by Gasteiger charge is -2.38. The molecule has 0 aliphatic carbocycles. The molecule has 2 aliphatic rings. The van der Waals surface area contributed by atoms with Crippen LogP contribution in [0.5, 0.6) is 0 Å². The number of amides is 1. The molecule has 168 valence electrons. The number of anilines is 1. The molecule has 0 bridgehead atoms. The summed E-state index contributed by atoms with van der Waals surface area (Å²) in [5, 5.41) is 20.3. The number of hydrogen-bond donors (Lipinski definition) is 3. The average molecular weight is 423 g/mol. The van der Waals surface area contributed by atoms with E-state index in [2.05, 4.69) is 15.1 Å². The Hall–Kier alpha value is -2.20. The molecule has 1 aromatic carbocycles. The summed E-state index contributed by atoms with van der Waals surface area (Å²) in [4.78, 5) is 27.7. The number of ether oxygens (including phenoxy) is 1. The normalized spacial score (nSPS) is 22.5. The second-order valence-electron chi connectivity index (χ2n) is 7.74. The van der Waals surface area contributed by atoms with Gasteiger partial charge in [-0.05, 0) is 24.6 Å². The summed E-state index contributed by atoms with van der Waals surface area (Å²) in [6.07, 6.45) is 0.192. The molecule has 2 aliphatic heterocycles. The van der Waals surface area contributed by atoms with Gasteiger partial charge in [0.2, 0.25) is 0 Å². The number of aliphatic hydroxyl groups is 1. The Bertz CT molecular complexity index is 667. The molecule has 0 unspecified atom stereocenters. The summed E-state index contributed by atoms with van der Waals surface area (Å²) in [6.45, 7) is 6.85. The largest absolute Gasteiger partial charge is 0.483 e. The Morgan fingerprint density at radius 2 is 1.90 bits per heavy atom. The molecule has 0 spiro atoms. The van der Waals surface area contributed by atoms with Crippen LogP contribution in [0.4, 0.5) is 5.69 Å². The zero-order valence-electron chi connectivity index (χ0n) is 17.9. The molecule has 2 atom stereocenters. The van der Waals surface area contributed by atoms with E-state index in [1.165, 1.54) is 0 Å². The van der Waals surface area contributed by atoms with Crippen molar-refractivity contribution in [1.82, 2.24) is 15.1 Å². The van der Waals surface area contributed by atoms with Gasteiger partial charge in [0.15, 0.2) is 0 Å². The zero-order chi connectivity index (χ0) is 21.9. The summed E-state index contributed by atoms with van der Waals surface area (Å²) in [6, 6.07) is 7.31. The number of morpholine rings is 1.